The topological polar surface area (TPSA) is 65.8 Å². The highest BCUT2D eigenvalue weighted by atomic mass is 35.5. The van der Waals surface area contributed by atoms with Crippen LogP contribution in [0.15, 0.2) is 6.20 Å². The molecule has 2 N–H and O–H groups in total. The third kappa shape index (κ3) is 0.974. The van der Waals surface area contributed by atoms with E-state index in [-0.39, 0.29) is 10.8 Å². The van der Waals surface area contributed by atoms with E-state index < -0.39 is 0 Å². The number of hydrogen-bond donors (Lipinski definition) is 1. The van der Waals surface area contributed by atoms with Crippen molar-refractivity contribution < 1.29 is 4.73 Å². The zero-order valence-corrected chi connectivity index (χ0v) is 6.09. The summed E-state index contributed by atoms with van der Waals surface area (Å²) in [5.41, 5.74) is 5.26. The Morgan fingerprint density at radius 3 is 2.90 bits per heavy atom. The van der Waals surface area contributed by atoms with Gasteiger partial charge in [-0.05, 0) is 0 Å². The molecular weight excluding hydrogens is 154 g/mol. The molecule has 0 aliphatic carbocycles. The standard InChI is InChI=1S/C5H6ClN3O/c1-3-8-2-4(6)5(7)9(3)10/h2H,7H2,1H3. The molecular formula is C5H6ClN3O. The van der Waals surface area contributed by atoms with Crippen LogP contribution in [0.4, 0.5) is 5.82 Å². The van der Waals surface area contributed by atoms with Crippen LogP contribution < -0.4 is 10.5 Å². The summed E-state index contributed by atoms with van der Waals surface area (Å²) in [6.07, 6.45) is 1.35. The van der Waals surface area contributed by atoms with Gasteiger partial charge in [-0.25, -0.2) is 4.73 Å². The van der Waals surface area contributed by atoms with Crippen molar-refractivity contribution in [3.05, 3.63) is 22.3 Å². The second kappa shape index (κ2) is 2.30. The molecule has 0 saturated carbocycles. The first-order valence-electron chi connectivity index (χ1n) is 2.63. The predicted molar refractivity (Wildman–Crippen MR) is 37.4 cm³/mol. The van der Waals surface area contributed by atoms with E-state index in [1.165, 1.54) is 6.20 Å². The summed E-state index contributed by atoms with van der Waals surface area (Å²) < 4.78 is 0.488. The third-order valence-electron chi connectivity index (χ3n) is 1.12. The van der Waals surface area contributed by atoms with Crippen LogP contribution in [0.5, 0.6) is 0 Å². The molecule has 0 fully saturated rings. The Morgan fingerprint density at radius 2 is 2.40 bits per heavy atom. The number of nitrogens with zero attached hydrogens (tertiary/aromatic N) is 2. The highest BCUT2D eigenvalue weighted by molar-refractivity contribution is 6.32. The molecule has 0 aromatic carbocycles. The number of halogens is 1. The lowest BCUT2D eigenvalue weighted by molar-refractivity contribution is -0.600. The molecule has 0 aliphatic rings. The number of nitrogens with two attached hydrogens (primary N) is 1. The van der Waals surface area contributed by atoms with E-state index in [1.54, 1.807) is 6.92 Å². The number of anilines is 1. The largest absolute Gasteiger partial charge is 0.740 e. The summed E-state index contributed by atoms with van der Waals surface area (Å²) in [5.74, 6) is 0.288. The van der Waals surface area contributed by atoms with Crippen LogP contribution in [0.25, 0.3) is 0 Å². The van der Waals surface area contributed by atoms with Crippen molar-refractivity contribution in [3.63, 3.8) is 0 Å². The molecule has 5 heteroatoms. The van der Waals surface area contributed by atoms with Gasteiger partial charge in [0.2, 0.25) is 11.6 Å². The lowest BCUT2D eigenvalue weighted by Gasteiger charge is -2.07. The molecule has 0 spiro atoms. The maximum absolute atomic E-state index is 10.8. The first-order chi connectivity index (χ1) is 4.63. The van der Waals surface area contributed by atoms with Crippen LogP contribution in [0.2, 0.25) is 5.02 Å². The van der Waals surface area contributed by atoms with Crippen molar-refractivity contribution in [1.82, 2.24) is 4.98 Å². The van der Waals surface area contributed by atoms with Crippen molar-refractivity contribution >= 4 is 17.4 Å². The fraction of sp³-hybridized carbons (Fsp3) is 0.200. The Labute approximate surface area is 62.8 Å². The van der Waals surface area contributed by atoms with Gasteiger partial charge in [0.25, 0.3) is 0 Å². The van der Waals surface area contributed by atoms with Crippen LogP contribution in [-0.4, -0.2) is 4.98 Å². The molecule has 0 aliphatic heterocycles. The van der Waals surface area contributed by atoms with Crippen molar-refractivity contribution in [1.29, 1.82) is 0 Å². The normalized spacial score (nSPS) is 9.80. The summed E-state index contributed by atoms with van der Waals surface area (Å²) in [7, 11) is 0. The fourth-order valence-corrected chi connectivity index (χ4v) is 0.666. The second-order valence-corrected chi connectivity index (χ2v) is 2.24. The van der Waals surface area contributed by atoms with Crippen LogP contribution in [0.3, 0.4) is 0 Å². The minimum Gasteiger partial charge on any atom is -0.740 e. The van der Waals surface area contributed by atoms with Gasteiger partial charge in [-0.15, -0.1) is 4.98 Å². The number of rotatable bonds is 0. The molecule has 1 rings (SSSR count). The molecule has 0 atom stereocenters. The number of aromatic nitrogens is 2. The molecule has 0 bridgehead atoms. The van der Waals surface area contributed by atoms with Gasteiger partial charge in [0.1, 0.15) is 11.2 Å². The van der Waals surface area contributed by atoms with E-state index in [2.05, 4.69) is 4.98 Å². The average Bonchev–Trinajstić information content (AvgIpc) is 1.93. The van der Waals surface area contributed by atoms with Gasteiger partial charge in [-0.2, -0.15) is 0 Å². The molecule has 1 aromatic heterocycles. The second-order valence-electron chi connectivity index (χ2n) is 1.83. The van der Waals surface area contributed by atoms with E-state index in [9.17, 15) is 5.21 Å². The quantitative estimate of drug-likeness (QED) is 0.436. The fourth-order valence-electron chi connectivity index (χ4n) is 0.540. The molecule has 0 saturated heterocycles. The summed E-state index contributed by atoms with van der Waals surface area (Å²) in [4.78, 5) is 3.68. The Hall–Kier alpha value is -1.03. The Morgan fingerprint density at radius 1 is 1.80 bits per heavy atom. The maximum Gasteiger partial charge on any atom is 0.241 e. The first-order valence-corrected chi connectivity index (χ1v) is 3.01. The van der Waals surface area contributed by atoms with E-state index in [1.807, 2.05) is 0 Å². The summed E-state index contributed by atoms with van der Waals surface area (Å²) in [5, 5.41) is 11.0. The molecule has 10 heavy (non-hydrogen) atoms. The molecule has 54 valence electrons. The van der Waals surface area contributed by atoms with Crippen molar-refractivity contribution in [3.8, 4) is 0 Å². The number of nitrogen functional groups attached to an aromatic ring is 1. The van der Waals surface area contributed by atoms with E-state index in [0.29, 0.717) is 10.6 Å². The van der Waals surface area contributed by atoms with Gasteiger partial charge in [0.05, 0.1) is 0 Å². The Bertz CT molecular complexity index is 236. The lowest BCUT2D eigenvalue weighted by atomic mass is 10.5. The molecule has 4 nitrogen and oxygen atoms in total. The molecule has 1 aromatic rings. The number of hydrogen-bond acceptors (Lipinski definition) is 3. The van der Waals surface area contributed by atoms with Crippen LogP contribution in [0.1, 0.15) is 5.82 Å². The van der Waals surface area contributed by atoms with Gasteiger partial charge in [-0.1, -0.05) is 11.6 Å². The van der Waals surface area contributed by atoms with E-state index in [0.717, 1.165) is 0 Å². The first kappa shape index (κ1) is 7.08. The van der Waals surface area contributed by atoms with Crippen LogP contribution >= 0.6 is 11.6 Å². The zero-order valence-electron chi connectivity index (χ0n) is 5.34. The van der Waals surface area contributed by atoms with Crippen LogP contribution in [0, 0.1) is 12.1 Å². The van der Waals surface area contributed by atoms with Crippen molar-refractivity contribution in [2.75, 3.05) is 5.73 Å². The van der Waals surface area contributed by atoms with Crippen molar-refractivity contribution in [2.24, 2.45) is 0 Å². The zero-order chi connectivity index (χ0) is 7.72. The SMILES string of the molecule is Cc1ncc(Cl)c(N)[n+]1[O-]. The lowest BCUT2D eigenvalue weighted by Crippen LogP contribution is -2.35. The van der Waals surface area contributed by atoms with E-state index >= 15 is 0 Å². The monoisotopic (exact) mass is 159 g/mol. The van der Waals surface area contributed by atoms with Gasteiger partial charge >= 0.3 is 0 Å². The molecule has 0 unspecified atom stereocenters. The third-order valence-corrected chi connectivity index (χ3v) is 1.41. The van der Waals surface area contributed by atoms with Gasteiger partial charge in [0.15, 0.2) is 0 Å². The van der Waals surface area contributed by atoms with E-state index in [4.69, 9.17) is 17.3 Å². The highest BCUT2D eigenvalue weighted by Gasteiger charge is 2.05. The highest BCUT2D eigenvalue weighted by Crippen LogP contribution is 2.10. The summed E-state index contributed by atoms with van der Waals surface area (Å²) >= 11 is 5.48. The maximum atomic E-state index is 10.8. The Balaban J connectivity index is 3.34. The molecule has 0 amide bonds. The number of aryl methyl sites for hydroxylation is 1. The van der Waals surface area contributed by atoms with Gasteiger partial charge < -0.3 is 10.9 Å². The minimum atomic E-state index is -0.00540. The predicted octanol–water partition coefficient (Wildman–Crippen LogP) is 0.259. The van der Waals surface area contributed by atoms with Crippen LogP contribution in [-0.2, 0) is 0 Å². The summed E-state index contributed by atoms with van der Waals surface area (Å²) in [6.45, 7) is 1.56. The molecule has 0 radical (unpaired) electrons. The van der Waals surface area contributed by atoms with Crippen molar-refractivity contribution in [2.45, 2.75) is 6.92 Å². The summed E-state index contributed by atoms with van der Waals surface area (Å²) in [6, 6.07) is 0. The average molecular weight is 160 g/mol. The Kier molecular flexibility index (Phi) is 1.63. The van der Waals surface area contributed by atoms with Gasteiger partial charge in [0, 0.05) is 6.92 Å². The smallest absolute Gasteiger partial charge is 0.241 e. The molecule has 1 heterocycles. The van der Waals surface area contributed by atoms with Gasteiger partial charge in [-0.3, -0.25) is 0 Å². The minimum absolute atomic E-state index is 0.00540.